The SMILES string of the molecule is CCOc1cc(/C=C/C(=O)OCC(=O)c2ccc3c(c2)CCC(=O)N3)ccc1OC. The van der Waals surface area contributed by atoms with E-state index in [9.17, 15) is 14.4 Å². The van der Waals surface area contributed by atoms with E-state index in [1.165, 1.54) is 6.08 Å². The Morgan fingerprint density at radius 3 is 2.70 bits per heavy atom. The fourth-order valence-electron chi connectivity index (χ4n) is 3.05. The predicted octanol–water partition coefficient (Wildman–Crippen LogP) is 3.42. The number of hydrogen-bond acceptors (Lipinski definition) is 6. The van der Waals surface area contributed by atoms with Gasteiger partial charge in [0.15, 0.2) is 23.9 Å². The van der Waals surface area contributed by atoms with Crippen LogP contribution in [0, 0.1) is 0 Å². The number of nitrogens with one attached hydrogen (secondary N) is 1. The molecule has 1 aliphatic heterocycles. The highest BCUT2D eigenvalue weighted by atomic mass is 16.5. The van der Waals surface area contributed by atoms with Crippen molar-refractivity contribution in [2.75, 3.05) is 25.6 Å². The first-order valence-electron chi connectivity index (χ1n) is 9.61. The van der Waals surface area contributed by atoms with Gasteiger partial charge in [0.1, 0.15) is 0 Å². The summed E-state index contributed by atoms with van der Waals surface area (Å²) in [5.74, 6) is 0.218. The highest BCUT2D eigenvalue weighted by Gasteiger charge is 2.17. The van der Waals surface area contributed by atoms with E-state index >= 15 is 0 Å². The minimum Gasteiger partial charge on any atom is -0.493 e. The van der Waals surface area contributed by atoms with Crippen molar-refractivity contribution in [1.29, 1.82) is 0 Å². The van der Waals surface area contributed by atoms with E-state index < -0.39 is 5.97 Å². The molecule has 2 aromatic carbocycles. The number of Topliss-reactive ketones (excluding diaryl/α,β-unsaturated/α-hetero) is 1. The Hall–Kier alpha value is -3.61. The molecule has 7 heteroatoms. The number of aryl methyl sites for hydroxylation is 1. The van der Waals surface area contributed by atoms with Crippen molar-refractivity contribution in [3.8, 4) is 11.5 Å². The molecule has 0 aliphatic carbocycles. The van der Waals surface area contributed by atoms with Gasteiger partial charge in [-0.25, -0.2) is 4.79 Å². The summed E-state index contributed by atoms with van der Waals surface area (Å²) in [5, 5.41) is 2.77. The van der Waals surface area contributed by atoms with Crippen LogP contribution in [0.15, 0.2) is 42.5 Å². The Morgan fingerprint density at radius 1 is 1.10 bits per heavy atom. The van der Waals surface area contributed by atoms with E-state index in [4.69, 9.17) is 14.2 Å². The van der Waals surface area contributed by atoms with E-state index in [2.05, 4.69) is 5.32 Å². The van der Waals surface area contributed by atoms with Gasteiger partial charge in [-0.1, -0.05) is 6.07 Å². The monoisotopic (exact) mass is 409 g/mol. The summed E-state index contributed by atoms with van der Waals surface area (Å²) in [6.45, 7) is 2.00. The molecule has 3 rings (SSSR count). The third-order valence-corrected chi connectivity index (χ3v) is 4.57. The predicted molar refractivity (Wildman–Crippen MR) is 112 cm³/mol. The molecule has 7 nitrogen and oxygen atoms in total. The zero-order chi connectivity index (χ0) is 21.5. The quantitative estimate of drug-likeness (QED) is 0.408. The zero-order valence-corrected chi connectivity index (χ0v) is 16.9. The standard InChI is InChI=1S/C23H23NO6/c1-3-29-21-12-15(4-9-20(21)28-2)5-11-23(27)30-14-19(25)17-6-8-18-16(13-17)7-10-22(26)24-18/h4-6,8-9,11-13H,3,7,10,14H2,1-2H3,(H,24,26)/b11-5+. The molecule has 0 unspecified atom stereocenters. The zero-order valence-electron chi connectivity index (χ0n) is 16.9. The van der Waals surface area contributed by atoms with Gasteiger partial charge in [0.05, 0.1) is 13.7 Å². The summed E-state index contributed by atoms with van der Waals surface area (Å²) >= 11 is 0. The average molecular weight is 409 g/mol. The molecule has 2 aromatic rings. The van der Waals surface area contributed by atoms with Crippen LogP contribution >= 0.6 is 0 Å². The van der Waals surface area contributed by atoms with Crippen molar-refractivity contribution in [1.82, 2.24) is 0 Å². The van der Waals surface area contributed by atoms with Crippen LogP contribution in [-0.4, -0.2) is 38.0 Å². The summed E-state index contributed by atoms with van der Waals surface area (Å²) in [4.78, 5) is 35.7. The highest BCUT2D eigenvalue weighted by molar-refractivity contribution is 6.00. The van der Waals surface area contributed by atoms with E-state index in [-0.39, 0.29) is 18.3 Å². The number of ketones is 1. The van der Waals surface area contributed by atoms with Crippen LogP contribution in [0.25, 0.3) is 6.08 Å². The number of carbonyl (C=O) groups is 3. The van der Waals surface area contributed by atoms with Gasteiger partial charge in [0.2, 0.25) is 5.91 Å². The Balaban J connectivity index is 1.57. The fraction of sp³-hybridized carbons (Fsp3) is 0.261. The van der Waals surface area contributed by atoms with E-state index in [0.717, 1.165) is 11.1 Å². The number of benzene rings is 2. The third-order valence-electron chi connectivity index (χ3n) is 4.57. The van der Waals surface area contributed by atoms with Crippen molar-refractivity contribution in [2.45, 2.75) is 19.8 Å². The molecule has 0 saturated heterocycles. The van der Waals surface area contributed by atoms with Crippen molar-refractivity contribution >= 4 is 29.4 Å². The number of carbonyl (C=O) groups excluding carboxylic acids is 3. The minimum absolute atomic E-state index is 0.0347. The molecule has 156 valence electrons. The molecule has 30 heavy (non-hydrogen) atoms. The molecule has 1 amide bonds. The van der Waals surface area contributed by atoms with Crippen LogP contribution in [0.2, 0.25) is 0 Å². The first kappa shape index (κ1) is 21.1. The maximum atomic E-state index is 12.3. The second-order valence-corrected chi connectivity index (χ2v) is 6.63. The van der Waals surface area contributed by atoms with Gasteiger partial charge in [0.25, 0.3) is 0 Å². The van der Waals surface area contributed by atoms with Crippen molar-refractivity contribution in [3.63, 3.8) is 0 Å². The molecule has 0 radical (unpaired) electrons. The van der Waals surface area contributed by atoms with Crippen molar-refractivity contribution < 1.29 is 28.6 Å². The number of methoxy groups -OCH3 is 1. The van der Waals surface area contributed by atoms with Gasteiger partial charge in [-0.05, 0) is 60.9 Å². The number of ether oxygens (including phenoxy) is 3. The van der Waals surface area contributed by atoms with E-state index in [1.54, 1.807) is 49.6 Å². The summed E-state index contributed by atoms with van der Waals surface area (Å²) in [5.41, 5.74) is 2.79. The lowest BCUT2D eigenvalue weighted by atomic mass is 9.99. The van der Waals surface area contributed by atoms with E-state index in [1.807, 2.05) is 6.92 Å². The highest BCUT2D eigenvalue weighted by Crippen LogP contribution is 2.28. The van der Waals surface area contributed by atoms with Gasteiger partial charge in [-0.3, -0.25) is 9.59 Å². The van der Waals surface area contributed by atoms with Crippen molar-refractivity contribution in [2.24, 2.45) is 0 Å². The number of amides is 1. The molecule has 0 fully saturated rings. The molecule has 1 heterocycles. The fourth-order valence-corrected chi connectivity index (χ4v) is 3.05. The minimum atomic E-state index is -0.623. The summed E-state index contributed by atoms with van der Waals surface area (Å²) in [7, 11) is 1.56. The first-order chi connectivity index (χ1) is 14.5. The number of esters is 1. The summed E-state index contributed by atoms with van der Waals surface area (Å²) < 4.78 is 15.8. The number of hydrogen-bond donors (Lipinski definition) is 1. The number of anilines is 1. The second-order valence-electron chi connectivity index (χ2n) is 6.63. The molecular formula is C23H23NO6. The van der Waals surface area contributed by atoms with Gasteiger partial charge in [-0.15, -0.1) is 0 Å². The Bertz CT molecular complexity index is 995. The molecule has 0 atom stereocenters. The largest absolute Gasteiger partial charge is 0.493 e. The average Bonchev–Trinajstić information content (AvgIpc) is 2.76. The molecule has 1 N–H and O–H groups in total. The van der Waals surface area contributed by atoms with E-state index in [0.29, 0.717) is 42.2 Å². The topological polar surface area (TPSA) is 90.9 Å². The van der Waals surface area contributed by atoms with Gasteiger partial charge in [0, 0.05) is 23.7 Å². The molecule has 0 saturated carbocycles. The Morgan fingerprint density at radius 2 is 1.93 bits per heavy atom. The van der Waals surface area contributed by atoms with Crippen LogP contribution in [-0.2, 0) is 20.7 Å². The normalized spacial score (nSPS) is 12.8. The molecule has 0 spiro atoms. The van der Waals surface area contributed by atoms with Crippen LogP contribution in [0.5, 0.6) is 11.5 Å². The van der Waals surface area contributed by atoms with Crippen LogP contribution < -0.4 is 14.8 Å². The lowest BCUT2D eigenvalue weighted by molar-refractivity contribution is -0.136. The second kappa shape index (κ2) is 9.73. The Kier molecular flexibility index (Phi) is 6.85. The summed E-state index contributed by atoms with van der Waals surface area (Å²) in [6, 6.07) is 10.3. The maximum Gasteiger partial charge on any atom is 0.331 e. The number of rotatable bonds is 8. The van der Waals surface area contributed by atoms with Crippen LogP contribution in [0.3, 0.4) is 0 Å². The van der Waals surface area contributed by atoms with Crippen LogP contribution in [0.1, 0.15) is 34.8 Å². The molecule has 0 bridgehead atoms. The van der Waals surface area contributed by atoms with Gasteiger partial charge in [-0.2, -0.15) is 0 Å². The van der Waals surface area contributed by atoms with Gasteiger partial charge >= 0.3 is 5.97 Å². The maximum absolute atomic E-state index is 12.3. The molecular weight excluding hydrogens is 386 g/mol. The van der Waals surface area contributed by atoms with Crippen LogP contribution in [0.4, 0.5) is 5.69 Å². The molecule has 1 aliphatic rings. The lowest BCUT2D eigenvalue weighted by Crippen LogP contribution is -2.20. The molecule has 0 aromatic heterocycles. The van der Waals surface area contributed by atoms with Gasteiger partial charge < -0.3 is 19.5 Å². The third kappa shape index (κ3) is 5.26. The Labute approximate surface area is 174 Å². The first-order valence-corrected chi connectivity index (χ1v) is 9.61. The lowest BCUT2D eigenvalue weighted by Gasteiger charge is -2.17. The smallest absolute Gasteiger partial charge is 0.331 e. The van der Waals surface area contributed by atoms with Crippen molar-refractivity contribution in [3.05, 3.63) is 59.2 Å². The summed E-state index contributed by atoms with van der Waals surface area (Å²) in [6.07, 6.45) is 3.81. The number of fused-ring (bicyclic) bond motifs is 1.